The van der Waals surface area contributed by atoms with Gasteiger partial charge < -0.3 is 10.2 Å². The van der Waals surface area contributed by atoms with Gasteiger partial charge >= 0.3 is 6.18 Å². The van der Waals surface area contributed by atoms with Crippen LogP contribution in [0.1, 0.15) is 34.1 Å². The predicted octanol–water partition coefficient (Wildman–Crippen LogP) is 1.95. The molecule has 7 heteroatoms. The second-order valence-electron chi connectivity index (χ2n) is 5.96. The van der Waals surface area contributed by atoms with Crippen molar-refractivity contribution in [1.29, 1.82) is 0 Å². The number of nitrogens with zero attached hydrogens (tertiary/aromatic N) is 1. The van der Waals surface area contributed by atoms with Crippen LogP contribution < -0.4 is 5.32 Å². The normalized spacial score (nSPS) is 24.6. The second kappa shape index (κ2) is 6.01. The minimum absolute atomic E-state index is 0.104. The highest BCUT2D eigenvalue weighted by Gasteiger charge is 2.46. The van der Waals surface area contributed by atoms with E-state index in [1.807, 2.05) is 13.8 Å². The largest absolute Gasteiger partial charge is 0.406 e. The summed E-state index contributed by atoms with van der Waals surface area (Å²) in [5.41, 5.74) is 0. The van der Waals surface area contributed by atoms with Crippen LogP contribution in [0.25, 0.3) is 0 Å². The van der Waals surface area contributed by atoms with Gasteiger partial charge in [-0.05, 0) is 18.3 Å². The van der Waals surface area contributed by atoms with Crippen LogP contribution in [0.4, 0.5) is 13.2 Å². The van der Waals surface area contributed by atoms with Crippen molar-refractivity contribution < 1.29 is 22.8 Å². The van der Waals surface area contributed by atoms with Gasteiger partial charge in [-0.3, -0.25) is 9.59 Å². The van der Waals surface area contributed by atoms with Gasteiger partial charge in [0, 0.05) is 0 Å². The first-order valence-corrected chi connectivity index (χ1v) is 6.70. The Kier molecular flexibility index (Phi) is 5.05. The van der Waals surface area contributed by atoms with E-state index in [4.69, 9.17) is 0 Å². The summed E-state index contributed by atoms with van der Waals surface area (Å²) in [5.74, 6) is -1.42. The molecule has 0 saturated carbocycles. The van der Waals surface area contributed by atoms with E-state index in [0.717, 1.165) is 0 Å². The Hall–Kier alpha value is -1.27. The summed E-state index contributed by atoms with van der Waals surface area (Å²) >= 11 is 0. The molecule has 1 fully saturated rings. The first-order valence-electron chi connectivity index (χ1n) is 6.70. The molecule has 0 aliphatic carbocycles. The Labute approximate surface area is 116 Å². The van der Waals surface area contributed by atoms with Gasteiger partial charge in [0.1, 0.15) is 18.6 Å². The van der Waals surface area contributed by atoms with Gasteiger partial charge in [0.15, 0.2) is 0 Å². The first-order chi connectivity index (χ1) is 9.03. The third-order valence-electron chi connectivity index (χ3n) is 3.19. The molecule has 0 radical (unpaired) electrons. The van der Waals surface area contributed by atoms with E-state index < -0.39 is 36.6 Å². The highest BCUT2D eigenvalue weighted by Crippen LogP contribution is 2.25. The lowest BCUT2D eigenvalue weighted by molar-refractivity contribution is -0.176. The molecule has 0 aromatic heterocycles. The predicted molar refractivity (Wildman–Crippen MR) is 67.8 cm³/mol. The Balaban J connectivity index is 3.01. The summed E-state index contributed by atoms with van der Waals surface area (Å²) in [6.45, 7) is 5.58. The standard InChI is InChI=1S/C13H21F3N2O2/c1-7(2)5-9-12(20)18(6-13(14,15)16)10(8(3)4)11(19)17-9/h7-10H,5-6H2,1-4H3,(H,17,19). The molecule has 2 amide bonds. The molecule has 1 aliphatic heterocycles. The molecule has 0 spiro atoms. The highest BCUT2D eigenvalue weighted by molar-refractivity contribution is 5.97. The van der Waals surface area contributed by atoms with Crippen LogP contribution in [0.2, 0.25) is 0 Å². The number of rotatable bonds is 4. The van der Waals surface area contributed by atoms with Gasteiger partial charge in [0.2, 0.25) is 11.8 Å². The number of carbonyl (C=O) groups is 2. The van der Waals surface area contributed by atoms with Crippen molar-refractivity contribution in [1.82, 2.24) is 10.2 Å². The van der Waals surface area contributed by atoms with Gasteiger partial charge in [-0.15, -0.1) is 0 Å². The number of alkyl halides is 3. The first kappa shape index (κ1) is 16.8. The molecule has 1 rings (SSSR count). The average Bonchev–Trinajstić information content (AvgIpc) is 2.21. The lowest BCUT2D eigenvalue weighted by atomic mass is 9.93. The van der Waals surface area contributed by atoms with E-state index in [9.17, 15) is 22.8 Å². The quantitative estimate of drug-likeness (QED) is 0.861. The zero-order chi connectivity index (χ0) is 15.7. The lowest BCUT2D eigenvalue weighted by Crippen LogP contribution is -2.66. The molecule has 116 valence electrons. The van der Waals surface area contributed by atoms with Crippen molar-refractivity contribution in [2.24, 2.45) is 11.8 Å². The smallest absolute Gasteiger partial charge is 0.342 e. The third-order valence-corrected chi connectivity index (χ3v) is 3.19. The molecule has 2 unspecified atom stereocenters. The Morgan fingerprint density at radius 3 is 2.15 bits per heavy atom. The average molecular weight is 294 g/mol. The summed E-state index contributed by atoms with van der Waals surface area (Å²) in [4.78, 5) is 24.9. The SMILES string of the molecule is CC(C)CC1NC(=O)C(C(C)C)N(CC(F)(F)F)C1=O. The molecule has 2 atom stereocenters. The van der Waals surface area contributed by atoms with Crippen molar-refractivity contribution in [3.8, 4) is 0 Å². The zero-order valence-electron chi connectivity index (χ0n) is 12.1. The van der Waals surface area contributed by atoms with Crippen molar-refractivity contribution in [2.75, 3.05) is 6.54 Å². The number of nitrogens with one attached hydrogen (secondary N) is 1. The number of hydrogen-bond donors (Lipinski definition) is 1. The van der Waals surface area contributed by atoms with E-state index >= 15 is 0 Å². The fourth-order valence-corrected chi connectivity index (χ4v) is 2.46. The van der Waals surface area contributed by atoms with Crippen LogP contribution in [0.15, 0.2) is 0 Å². The Bertz CT molecular complexity index is 380. The fraction of sp³-hybridized carbons (Fsp3) is 0.846. The summed E-state index contributed by atoms with van der Waals surface area (Å²) in [7, 11) is 0. The maximum absolute atomic E-state index is 12.6. The Morgan fingerprint density at radius 1 is 1.20 bits per heavy atom. The Morgan fingerprint density at radius 2 is 1.75 bits per heavy atom. The molecule has 1 N–H and O–H groups in total. The molecule has 0 bridgehead atoms. The second-order valence-corrected chi connectivity index (χ2v) is 5.96. The number of carbonyl (C=O) groups excluding carboxylic acids is 2. The molecular formula is C13H21F3N2O2. The van der Waals surface area contributed by atoms with Gasteiger partial charge in [-0.1, -0.05) is 27.7 Å². The van der Waals surface area contributed by atoms with Crippen molar-refractivity contribution in [3.63, 3.8) is 0 Å². The molecule has 1 aliphatic rings. The minimum atomic E-state index is -4.51. The monoisotopic (exact) mass is 294 g/mol. The van der Waals surface area contributed by atoms with Crippen molar-refractivity contribution >= 4 is 11.8 Å². The number of amides is 2. The van der Waals surface area contributed by atoms with Crippen molar-refractivity contribution in [3.05, 3.63) is 0 Å². The minimum Gasteiger partial charge on any atom is -0.342 e. The molecule has 0 aromatic rings. The van der Waals surface area contributed by atoms with Gasteiger partial charge in [-0.25, -0.2) is 0 Å². The number of piperazine rings is 1. The van der Waals surface area contributed by atoms with Crippen LogP contribution >= 0.6 is 0 Å². The van der Waals surface area contributed by atoms with Crippen LogP contribution in [-0.4, -0.2) is 41.5 Å². The topological polar surface area (TPSA) is 49.4 Å². The van der Waals surface area contributed by atoms with E-state index in [-0.39, 0.29) is 11.8 Å². The van der Waals surface area contributed by atoms with E-state index in [1.54, 1.807) is 13.8 Å². The number of hydrogen-bond acceptors (Lipinski definition) is 2. The van der Waals surface area contributed by atoms with Gasteiger partial charge in [0.25, 0.3) is 0 Å². The molecule has 1 heterocycles. The third kappa shape index (κ3) is 4.11. The summed E-state index contributed by atoms with van der Waals surface area (Å²) < 4.78 is 37.9. The molecule has 20 heavy (non-hydrogen) atoms. The van der Waals surface area contributed by atoms with E-state index in [1.165, 1.54) is 0 Å². The molecule has 4 nitrogen and oxygen atoms in total. The van der Waals surface area contributed by atoms with E-state index in [2.05, 4.69) is 5.32 Å². The highest BCUT2D eigenvalue weighted by atomic mass is 19.4. The van der Waals surface area contributed by atoms with Gasteiger partial charge in [-0.2, -0.15) is 13.2 Å². The maximum atomic E-state index is 12.6. The maximum Gasteiger partial charge on any atom is 0.406 e. The number of halogens is 3. The summed E-state index contributed by atoms with van der Waals surface area (Å²) in [6, 6.07) is -1.92. The van der Waals surface area contributed by atoms with Crippen LogP contribution in [-0.2, 0) is 9.59 Å². The van der Waals surface area contributed by atoms with Gasteiger partial charge in [0.05, 0.1) is 0 Å². The summed E-state index contributed by atoms with van der Waals surface area (Å²) in [5, 5.41) is 2.55. The van der Waals surface area contributed by atoms with Crippen LogP contribution in [0, 0.1) is 11.8 Å². The molecule has 0 aromatic carbocycles. The lowest BCUT2D eigenvalue weighted by Gasteiger charge is -2.41. The molecule has 1 saturated heterocycles. The summed E-state index contributed by atoms with van der Waals surface area (Å²) in [6.07, 6.45) is -4.17. The zero-order valence-corrected chi connectivity index (χ0v) is 12.1. The van der Waals surface area contributed by atoms with E-state index in [0.29, 0.717) is 11.3 Å². The van der Waals surface area contributed by atoms with Crippen LogP contribution in [0.5, 0.6) is 0 Å². The van der Waals surface area contributed by atoms with Crippen molar-refractivity contribution in [2.45, 2.75) is 52.4 Å². The fourth-order valence-electron chi connectivity index (χ4n) is 2.46. The molecular weight excluding hydrogens is 273 g/mol. The van der Waals surface area contributed by atoms with Crippen LogP contribution in [0.3, 0.4) is 0 Å².